The van der Waals surface area contributed by atoms with Crippen LogP contribution in [0.4, 0.5) is 5.82 Å². The third-order valence-electron chi connectivity index (χ3n) is 3.61. The molecule has 1 aliphatic heterocycles. The summed E-state index contributed by atoms with van der Waals surface area (Å²) in [6.45, 7) is 0.802. The summed E-state index contributed by atoms with van der Waals surface area (Å²) in [6.07, 6.45) is 2.88. The molecule has 1 atom stereocenters. The molecule has 1 aliphatic rings. The molecule has 100 valence electrons. The zero-order valence-electron chi connectivity index (χ0n) is 10.8. The number of hydrogen-bond acceptors (Lipinski definition) is 5. The third-order valence-corrected chi connectivity index (χ3v) is 3.61. The van der Waals surface area contributed by atoms with Crippen molar-refractivity contribution in [3.63, 3.8) is 0 Å². The lowest BCUT2D eigenvalue weighted by Gasteiger charge is -2.33. The Morgan fingerprint density at radius 2 is 2.26 bits per heavy atom. The fraction of sp³-hybridized carbons (Fsp3) is 0.429. The number of methoxy groups -OCH3 is 1. The summed E-state index contributed by atoms with van der Waals surface area (Å²) >= 11 is 0. The van der Waals surface area contributed by atoms with E-state index in [1.807, 2.05) is 29.2 Å². The van der Waals surface area contributed by atoms with Crippen molar-refractivity contribution in [3.05, 3.63) is 24.3 Å². The minimum absolute atomic E-state index is 0.202. The molecule has 1 aromatic carbocycles. The van der Waals surface area contributed by atoms with Crippen LogP contribution in [0.3, 0.4) is 0 Å². The van der Waals surface area contributed by atoms with Crippen molar-refractivity contribution in [3.8, 4) is 0 Å². The Balaban J connectivity index is 2.00. The van der Waals surface area contributed by atoms with Gasteiger partial charge in [0.05, 0.1) is 12.5 Å². The van der Waals surface area contributed by atoms with Gasteiger partial charge in [-0.1, -0.05) is 17.3 Å². The molecule has 3 rings (SSSR count). The van der Waals surface area contributed by atoms with Crippen molar-refractivity contribution in [2.45, 2.75) is 25.3 Å². The summed E-state index contributed by atoms with van der Waals surface area (Å²) in [4.78, 5) is 13.9. The fourth-order valence-corrected chi connectivity index (χ4v) is 2.65. The largest absolute Gasteiger partial charge is 0.467 e. The smallest absolute Gasteiger partial charge is 0.328 e. The van der Waals surface area contributed by atoms with Crippen molar-refractivity contribution in [1.82, 2.24) is 5.16 Å². The number of benzene rings is 1. The molecule has 1 aromatic heterocycles. The van der Waals surface area contributed by atoms with E-state index in [9.17, 15) is 4.79 Å². The number of aromatic nitrogens is 1. The van der Waals surface area contributed by atoms with Gasteiger partial charge in [-0.2, -0.15) is 0 Å². The Bertz CT molecular complexity index is 593. The highest BCUT2D eigenvalue weighted by Gasteiger charge is 2.32. The number of piperidine rings is 1. The first-order valence-corrected chi connectivity index (χ1v) is 6.50. The van der Waals surface area contributed by atoms with Gasteiger partial charge < -0.3 is 14.2 Å². The van der Waals surface area contributed by atoms with Crippen LogP contribution in [-0.2, 0) is 9.53 Å². The monoisotopic (exact) mass is 260 g/mol. The summed E-state index contributed by atoms with van der Waals surface area (Å²) in [7, 11) is 1.43. The molecular weight excluding hydrogens is 244 g/mol. The first-order chi connectivity index (χ1) is 9.31. The molecule has 0 N–H and O–H groups in total. The van der Waals surface area contributed by atoms with Crippen LogP contribution in [0.5, 0.6) is 0 Å². The van der Waals surface area contributed by atoms with Gasteiger partial charge in [-0.25, -0.2) is 4.79 Å². The highest BCUT2D eigenvalue weighted by molar-refractivity contribution is 5.91. The summed E-state index contributed by atoms with van der Waals surface area (Å²) < 4.78 is 10.2. The van der Waals surface area contributed by atoms with Gasteiger partial charge in [0.15, 0.2) is 11.4 Å². The van der Waals surface area contributed by atoms with Gasteiger partial charge >= 0.3 is 5.97 Å². The van der Waals surface area contributed by atoms with Crippen LogP contribution in [0.25, 0.3) is 11.0 Å². The number of carbonyl (C=O) groups excluding carboxylic acids is 1. The van der Waals surface area contributed by atoms with E-state index in [0.29, 0.717) is 0 Å². The van der Waals surface area contributed by atoms with Gasteiger partial charge in [0, 0.05) is 6.54 Å². The molecule has 19 heavy (non-hydrogen) atoms. The van der Waals surface area contributed by atoms with Gasteiger partial charge in [0.2, 0.25) is 0 Å². The molecule has 0 radical (unpaired) electrons. The van der Waals surface area contributed by atoms with Crippen LogP contribution in [-0.4, -0.2) is 30.8 Å². The second-order valence-electron chi connectivity index (χ2n) is 4.73. The highest BCUT2D eigenvalue weighted by atomic mass is 16.5. The second-order valence-corrected chi connectivity index (χ2v) is 4.73. The highest BCUT2D eigenvalue weighted by Crippen LogP contribution is 2.31. The standard InChI is InChI=1S/C14H16N2O3/c1-18-14(17)11-7-4-5-9-16(11)13-10-6-2-3-8-12(10)19-15-13/h2-3,6,8,11H,4-5,7,9H2,1H3. The van der Waals surface area contributed by atoms with Gasteiger partial charge in [-0.05, 0) is 31.4 Å². The lowest BCUT2D eigenvalue weighted by atomic mass is 10.0. The molecule has 1 saturated heterocycles. The van der Waals surface area contributed by atoms with E-state index >= 15 is 0 Å². The maximum atomic E-state index is 11.9. The van der Waals surface area contributed by atoms with Crippen LogP contribution in [0.1, 0.15) is 19.3 Å². The van der Waals surface area contributed by atoms with Crippen LogP contribution < -0.4 is 4.90 Å². The topological polar surface area (TPSA) is 55.6 Å². The van der Waals surface area contributed by atoms with Crippen molar-refractivity contribution >= 4 is 22.8 Å². The van der Waals surface area contributed by atoms with Gasteiger partial charge in [-0.3, -0.25) is 0 Å². The molecule has 0 aliphatic carbocycles. The molecule has 0 spiro atoms. The first kappa shape index (κ1) is 12.0. The lowest BCUT2D eigenvalue weighted by Crippen LogP contribution is -2.45. The van der Waals surface area contributed by atoms with Gasteiger partial charge in [-0.15, -0.1) is 0 Å². The molecule has 2 heterocycles. The molecule has 0 amide bonds. The molecule has 0 saturated carbocycles. The minimum atomic E-state index is -0.257. The first-order valence-electron chi connectivity index (χ1n) is 6.50. The summed E-state index contributed by atoms with van der Waals surface area (Å²) in [6, 6.07) is 7.44. The Morgan fingerprint density at radius 3 is 3.11 bits per heavy atom. The molecule has 1 fully saturated rings. The van der Waals surface area contributed by atoms with Crippen molar-refractivity contribution < 1.29 is 14.1 Å². The van der Waals surface area contributed by atoms with Crippen LogP contribution >= 0.6 is 0 Å². The van der Waals surface area contributed by atoms with Crippen molar-refractivity contribution in [2.24, 2.45) is 0 Å². The normalized spacial score (nSPS) is 19.6. The Labute approximate surface area is 111 Å². The predicted molar refractivity (Wildman–Crippen MR) is 71.0 cm³/mol. The Kier molecular flexibility index (Phi) is 3.11. The number of hydrogen-bond donors (Lipinski definition) is 0. The number of nitrogens with zero attached hydrogens (tertiary/aromatic N) is 2. The molecule has 5 nitrogen and oxygen atoms in total. The summed E-state index contributed by atoms with van der Waals surface area (Å²) in [5, 5.41) is 5.07. The van der Waals surface area contributed by atoms with E-state index in [0.717, 1.165) is 42.6 Å². The van der Waals surface area contributed by atoms with Crippen LogP contribution in [0.15, 0.2) is 28.8 Å². The van der Waals surface area contributed by atoms with E-state index in [4.69, 9.17) is 9.26 Å². The molecule has 5 heteroatoms. The Morgan fingerprint density at radius 1 is 1.42 bits per heavy atom. The van der Waals surface area contributed by atoms with E-state index in [2.05, 4.69) is 5.16 Å². The second kappa shape index (κ2) is 4.91. The number of esters is 1. The molecular formula is C14H16N2O3. The predicted octanol–water partition coefficient (Wildman–Crippen LogP) is 2.36. The SMILES string of the molecule is COC(=O)C1CCCCN1c1noc2ccccc12. The van der Waals surface area contributed by atoms with Crippen molar-refractivity contribution in [2.75, 3.05) is 18.6 Å². The number of fused-ring (bicyclic) bond motifs is 1. The number of anilines is 1. The number of ether oxygens (including phenoxy) is 1. The van der Waals surface area contributed by atoms with Gasteiger partial charge in [0.1, 0.15) is 6.04 Å². The maximum Gasteiger partial charge on any atom is 0.328 e. The van der Waals surface area contributed by atoms with E-state index in [1.165, 1.54) is 7.11 Å². The lowest BCUT2D eigenvalue weighted by molar-refractivity contribution is -0.142. The summed E-state index contributed by atoms with van der Waals surface area (Å²) in [5.74, 6) is 0.539. The summed E-state index contributed by atoms with van der Waals surface area (Å²) in [5.41, 5.74) is 0.742. The minimum Gasteiger partial charge on any atom is -0.467 e. The number of para-hydroxylation sites is 1. The van der Waals surface area contributed by atoms with E-state index in [-0.39, 0.29) is 12.0 Å². The zero-order chi connectivity index (χ0) is 13.2. The molecule has 0 bridgehead atoms. The zero-order valence-corrected chi connectivity index (χ0v) is 10.8. The average molecular weight is 260 g/mol. The quantitative estimate of drug-likeness (QED) is 0.776. The van der Waals surface area contributed by atoms with E-state index < -0.39 is 0 Å². The third kappa shape index (κ3) is 2.05. The average Bonchev–Trinajstić information content (AvgIpc) is 2.90. The molecule has 2 aromatic rings. The van der Waals surface area contributed by atoms with Crippen LogP contribution in [0.2, 0.25) is 0 Å². The fourth-order valence-electron chi connectivity index (χ4n) is 2.65. The number of rotatable bonds is 2. The van der Waals surface area contributed by atoms with Crippen molar-refractivity contribution in [1.29, 1.82) is 0 Å². The maximum absolute atomic E-state index is 11.9. The Hall–Kier alpha value is -2.04. The van der Waals surface area contributed by atoms with E-state index in [1.54, 1.807) is 0 Å². The molecule has 1 unspecified atom stereocenters. The van der Waals surface area contributed by atoms with Crippen LogP contribution in [0, 0.1) is 0 Å². The van der Waals surface area contributed by atoms with Gasteiger partial charge in [0.25, 0.3) is 0 Å². The number of carbonyl (C=O) groups is 1.